The summed E-state index contributed by atoms with van der Waals surface area (Å²) < 4.78 is 2.11. The second kappa shape index (κ2) is 7.87. The molecule has 1 amide bonds. The molecular weight excluding hydrogens is 356 g/mol. The third-order valence-electron chi connectivity index (χ3n) is 4.60. The fraction of sp³-hybridized carbons (Fsp3) is 0.143. The van der Waals surface area contributed by atoms with E-state index in [1.165, 1.54) is 18.2 Å². The number of hydrazone groups is 1. The maximum atomic E-state index is 12.4. The molecule has 0 bridgehead atoms. The number of carbonyl (C=O) groups excluding carboxylic acids is 1. The summed E-state index contributed by atoms with van der Waals surface area (Å²) >= 11 is 0. The Labute approximate surface area is 162 Å². The number of hydrogen-bond acceptors (Lipinski definition) is 4. The number of rotatable bonds is 5. The van der Waals surface area contributed by atoms with Crippen molar-refractivity contribution in [3.05, 3.63) is 92.8 Å². The summed E-state index contributed by atoms with van der Waals surface area (Å²) in [6, 6.07) is 16.3. The highest BCUT2D eigenvalue weighted by Gasteiger charge is 2.17. The van der Waals surface area contributed by atoms with Crippen molar-refractivity contribution in [2.75, 3.05) is 0 Å². The van der Waals surface area contributed by atoms with Crippen LogP contribution in [0, 0.1) is 30.9 Å². The van der Waals surface area contributed by atoms with Gasteiger partial charge < -0.3 is 4.57 Å². The van der Waals surface area contributed by atoms with E-state index in [-0.39, 0.29) is 11.3 Å². The largest absolute Gasteiger partial charge is 0.318 e. The van der Waals surface area contributed by atoms with Crippen LogP contribution in [0.3, 0.4) is 0 Å². The molecule has 1 aromatic heterocycles. The lowest BCUT2D eigenvalue weighted by molar-refractivity contribution is -0.385. The van der Waals surface area contributed by atoms with Crippen molar-refractivity contribution in [3.8, 4) is 5.69 Å². The SMILES string of the molecule is Cc1c(C(=O)N/N=C\c2cc(C)n(-c3ccccc3)c2C)cccc1[N+](=O)[O-]. The molecular formula is C21H20N4O3. The van der Waals surface area contributed by atoms with Gasteiger partial charge in [0.25, 0.3) is 11.6 Å². The monoisotopic (exact) mass is 376 g/mol. The van der Waals surface area contributed by atoms with Gasteiger partial charge in [0.05, 0.1) is 16.7 Å². The van der Waals surface area contributed by atoms with Crippen molar-refractivity contribution < 1.29 is 9.72 Å². The van der Waals surface area contributed by atoms with Crippen molar-refractivity contribution in [2.45, 2.75) is 20.8 Å². The van der Waals surface area contributed by atoms with Gasteiger partial charge in [-0.2, -0.15) is 5.10 Å². The standard InChI is InChI=1S/C21H20N4O3/c1-14-12-17(16(3)24(14)18-8-5-4-6-9-18)13-22-23-21(26)19-10-7-11-20(15(19)2)25(27)28/h4-13H,1-3H3,(H,23,26)/b22-13-. The Morgan fingerprint density at radius 2 is 1.82 bits per heavy atom. The number of hydrogen-bond donors (Lipinski definition) is 1. The first-order valence-electron chi connectivity index (χ1n) is 8.72. The number of aromatic nitrogens is 1. The molecule has 0 aliphatic carbocycles. The van der Waals surface area contributed by atoms with E-state index in [0.717, 1.165) is 22.6 Å². The molecule has 0 atom stereocenters. The molecule has 3 aromatic rings. The third kappa shape index (κ3) is 3.68. The molecule has 1 heterocycles. The van der Waals surface area contributed by atoms with E-state index in [1.54, 1.807) is 13.1 Å². The van der Waals surface area contributed by atoms with Gasteiger partial charge in [0, 0.05) is 34.3 Å². The molecule has 0 aliphatic rings. The van der Waals surface area contributed by atoms with Crippen LogP contribution >= 0.6 is 0 Å². The van der Waals surface area contributed by atoms with E-state index in [9.17, 15) is 14.9 Å². The van der Waals surface area contributed by atoms with E-state index >= 15 is 0 Å². The molecule has 0 unspecified atom stereocenters. The smallest absolute Gasteiger partial charge is 0.273 e. The van der Waals surface area contributed by atoms with E-state index in [0.29, 0.717) is 5.56 Å². The van der Waals surface area contributed by atoms with Crippen LogP contribution in [-0.4, -0.2) is 21.6 Å². The molecule has 3 rings (SSSR count). The molecule has 0 saturated heterocycles. The van der Waals surface area contributed by atoms with Gasteiger partial charge in [-0.25, -0.2) is 5.43 Å². The topological polar surface area (TPSA) is 89.5 Å². The van der Waals surface area contributed by atoms with Crippen LogP contribution in [-0.2, 0) is 0 Å². The fourth-order valence-electron chi connectivity index (χ4n) is 3.18. The Morgan fingerprint density at radius 3 is 2.50 bits per heavy atom. The Morgan fingerprint density at radius 1 is 1.11 bits per heavy atom. The summed E-state index contributed by atoms with van der Waals surface area (Å²) in [5, 5.41) is 15.1. The maximum Gasteiger partial charge on any atom is 0.273 e. The van der Waals surface area contributed by atoms with E-state index < -0.39 is 10.8 Å². The minimum Gasteiger partial charge on any atom is -0.318 e. The Kier molecular flexibility index (Phi) is 5.35. The highest BCUT2D eigenvalue weighted by molar-refractivity contribution is 5.97. The number of nitro benzene ring substituents is 1. The van der Waals surface area contributed by atoms with Gasteiger partial charge in [-0.05, 0) is 45.0 Å². The Bertz CT molecular complexity index is 1070. The summed E-state index contributed by atoms with van der Waals surface area (Å²) in [7, 11) is 0. The van der Waals surface area contributed by atoms with Gasteiger partial charge >= 0.3 is 0 Å². The first kappa shape index (κ1) is 19.0. The zero-order valence-corrected chi connectivity index (χ0v) is 15.8. The van der Waals surface area contributed by atoms with Crippen molar-refractivity contribution in [1.29, 1.82) is 0 Å². The molecule has 7 nitrogen and oxygen atoms in total. The lowest BCUT2D eigenvalue weighted by atomic mass is 10.1. The molecule has 0 spiro atoms. The summed E-state index contributed by atoms with van der Waals surface area (Å²) in [4.78, 5) is 22.9. The van der Waals surface area contributed by atoms with Crippen LogP contribution in [0.1, 0.15) is 32.9 Å². The first-order valence-corrected chi connectivity index (χ1v) is 8.72. The van der Waals surface area contributed by atoms with E-state index in [4.69, 9.17) is 0 Å². The molecule has 28 heavy (non-hydrogen) atoms. The summed E-state index contributed by atoms with van der Waals surface area (Å²) in [5.41, 5.74) is 6.85. The minimum absolute atomic E-state index is 0.0944. The van der Waals surface area contributed by atoms with Crippen LogP contribution in [0.15, 0.2) is 59.7 Å². The fourth-order valence-corrected chi connectivity index (χ4v) is 3.18. The number of carbonyl (C=O) groups is 1. The second-order valence-electron chi connectivity index (χ2n) is 6.40. The molecule has 0 radical (unpaired) electrons. The molecule has 142 valence electrons. The van der Waals surface area contributed by atoms with Gasteiger partial charge in [-0.1, -0.05) is 24.3 Å². The molecule has 0 fully saturated rings. The van der Waals surface area contributed by atoms with Crippen LogP contribution in [0.25, 0.3) is 5.69 Å². The predicted molar refractivity (Wildman–Crippen MR) is 108 cm³/mol. The van der Waals surface area contributed by atoms with Crippen LogP contribution in [0.2, 0.25) is 0 Å². The number of nitrogens with one attached hydrogen (secondary N) is 1. The number of amides is 1. The normalized spacial score (nSPS) is 11.0. The highest BCUT2D eigenvalue weighted by atomic mass is 16.6. The summed E-state index contributed by atoms with van der Waals surface area (Å²) in [5.74, 6) is -0.491. The van der Waals surface area contributed by atoms with Gasteiger partial charge in [0.15, 0.2) is 0 Å². The molecule has 7 heteroatoms. The maximum absolute atomic E-state index is 12.4. The van der Waals surface area contributed by atoms with Crippen molar-refractivity contribution in [2.24, 2.45) is 5.10 Å². The zero-order chi connectivity index (χ0) is 20.3. The Balaban J connectivity index is 1.80. The quantitative estimate of drug-likeness (QED) is 0.413. The third-order valence-corrected chi connectivity index (χ3v) is 4.60. The van der Waals surface area contributed by atoms with Gasteiger partial charge in [-0.15, -0.1) is 0 Å². The molecule has 0 aliphatic heterocycles. The molecule has 2 aromatic carbocycles. The molecule has 0 saturated carbocycles. The minimum atomic E-state index is -0.506. The number of benzene rings is 2. The lowest BCUT2D eigenvalue weighted by Gasteiger charge is -2.09. The predicted octanol–water partition coefficient (Wildman–Crippen LogP) is 4.07. The second-order valence-corrected chi connectivity index (χ2v) is 6.40. The lowest BCUT2D eigenvalue weighted by Crippen LogP contribution is -2.19. The van der Waals surface area contributed by atoms with Gasteiger partial charge in [0.2, 0.25) is 0 Å². The van der Waals surface area contributed by atoms with Crippen molar-refractivity contribution >= 4 is 17.8 Å². The van der Waals surface area contributed by atoms with Crippen molar-refractivity contribution in [3.63, 3.8) is 0 Å². The van der Waals surface area contributed by atoms with Crippen molar-refractivity contribution in [1.82, 2.24) is 9.99 Å². The highest BCUT2D eigenvalue weighted by Crippen LogP contribution is 2.21. The number of aryl methyl sites for hydroxylation is 1. The summed E-state index contributed by atoms with van der Waals surface area (Å²) in [6.07, 6.45) is 1.58. The first-order chi connectivity index (χ1) is 13.4. The average molecular weight is 376 g/mol. The average Bonchev–Trinajstić information content (AvgIpc) is 2.95. The molecule has 1 N–H and O–H groups in total. The van der Waals surface area contributed by atoms with E-state index in [1.807, 2.05) is 50.2 Å². The Hall–Kier alpha value is -3.74. The number of nitro groups is 1. The van der Waals surface area contributed by atoms with Crippen LogP contribution < -0.4 is 5.43 Å². The van der Waals surface area contributed by atoms with E-state index in [2.05, 4.69) is 15.1 Å². The number of nitrogens with zero attached hydrogens (tertiary/aromatic N) is 3. The van der Waals surface area contributed by atoms with Gasteiger partial charge in [-0.3, -0.25) is 14.9 Å². The van der Waals surface area contributed by atoms with Crippen LogP contribution in [0.5, 0.6) is 0 Å². The number of para-hydroxylation sites is 1. The zero-order valence-electron chi connectivity index (χ0n) is 15.8. The van der Waals surface area contributed by atoms with Gasteiger partial charge in [0.1, 0.15) is 0 Å². The summed E-state index contributed by atoms with van der Waals surface area (Å²) in [6.45, 7) is 5.53. The van der Waals surface area contributed by atoms with Crippen LogP contribution in [0.4, 0.5) is 5.69 Å².